The number of carbonyl (C=O) groups is 1. The van der Waals surface area contributed by atoms with Crippen LogP contribution < -0.4 is 24.4 Å². The Balaban J connectivity index is 1.71. The van der Waals surface area contributed by atoms with E-state index in [0.717, 1.165) is 0 Å². The van der Waals surface area contributed by atoms with Crippen LogP contribution in [0.15, 0.2) is 80.1 Å². The molecule has 214 valence electrons. The van der Waals surface area contributed by atoms with Gasteiger partial charge in [0.2, 0.25) is 0 Å². The minimum Gasteiger partial charge on any atom is -0.497 e. The van der Waals surface area contributed by atoms with E-state index in [1.165, 1.54) is 11.3 Å². The minimum absolute atomic E-state index is 0.197. The number of fused-ring (bicyclic) bond motifs is 1. The summed E-state index contributed by atoms with van der Waals surface area (Å²) in [4.78, 5) is 34.9. The lowest BCUT2D eigenvalue weighted by Crippen LogP contribution is -2.43. The summed E-state index contributed by atoms with van der Waals surface area (Å²) in [5.41, 5.74) is 2.39. The maximum Gasteiger partial charge on any atom is 0.271 e. The number of benzene rings is 2. The highest BCUT2D eigenvalue weighted by atomic mass is 32.1. The van der Waals surface area contributed by atoms with Crippen LogP contribution in [0, 0.1) is 11.3 Å². The molecular formula is C32H30N4O5S. The fourth-order valence-corrected chi connectivity index (χ4v) is 6.15. The van der Waals surface area contributed by atoms with E-state index >= 15 is 0 Å². The maximum atomic E-state index is 14.1. The van der Waals surface area contributed by atoms with Crippen molar-refractivity contribution in [2.24, 2.45) is 4.99 Å². The van der Waals surface area contributed by atoms with Crippen LogP contribution in [0.25, 0.3) is 17.4 Å². The zero-order valence-electron chi connectivity index (χ0n) is 24.0. The fraction of sp³-hybridized carbons (Fsp3) is 0.250. The number of furan rings is 1. The third-order valence-electron chi connectivity index (χ3n) is 7.25. The average Bonchev–Trinajstić information content (AvgIpc) is 3.60. The molecule has 0 fully saturated rings. The Morgan fingerprint density at radius 1 is 1.14 bits per heavy atom. The van der Waals surface area contributed by atoms with Gasteiger partial charge in [-0.1, -0.05) is 23.5 Å². The second-order valence-corrected chi connectivity index (χ2v) is 10.5. The van der Waals surface area contributed by atoms with Crippen molar-refractivity contribution in [3.8, 4) is 28.9 Å². The molecule has 1 atom stereocenters. The van der Waals surface area contributed by atoms with Gasteiger partial charge >= 0.3 is 0 Å². The lowest BCUT2D eigenvalue weighted by atomic mass is 9.93. The van der Waals surface area contributed by atoms with Gasteiger partial charge in [-0.2, -0.15) is 5.26 Å². The van der Waals surface area contributed by atoms with Crippen molar-refractivity contribution in [1.29, 1.82) is 5.26 Å². The lowest BCUT2D eigenvalue weighted by molar-refractivity contribution is -0.127. The van der Waals surface area contributed by atoms with Crippen molar-refractivity contribution in [2.45, 2.75) is 26.8 Å². The third kappa shape index (κ3) is 5.03. The van der Waals surface area contributed by atoms with Crippen molar-refractivity contribution >= 4 is 23.3 Å². The molecule has 3 heterocycles. The van der Waals surface area contributed by atoms with Gasteiger partial charge in [-0.05, 0) is 63.2 Å². The molecule has 1 amide bonds. The Bertz CT molecular complexity index is 1920. The SMILES string of the molecule is CCN(CC)C(=O)C1=C(C)N=c2s/c(=C/c3ccc(-c4ccccc4C#N)o3)c(=O)n2[C@H]1c1cc(OC)ccc1OC. The highest BCUT2D eigenvalue weighted by Crippen LogP contribution is 2.38. The van der Waals surface area contributed by atoms with Crippen molar-refractivity contribution in [3.05, 3.63) is 102 Å². The molecule has 5 rings (SSSR count). The summed E-state index contributed by atoms with van der Waals surface area (Å²) in [6, 6.07) is 17.4. The molecule has 1 aliphatic rings. The predicted octanol–water partition coefficient (Wildman–Crippen LogP) is 4.25. The molecule has 4 aromatic rings. The van der Waals surface area contributed by atoms with Crippen molar-refractivity contribution in [2.75, 3.05) is 27.3 Å². The van der Waals surface area contributed by atoms with Crippen LogP contribution in [0.1, 0.15) is 43.7 Å². The highest BCUT2D eigenvalue weighted by molar-refractivity contribution is 7.07. The van der Waals surface area contributed by atoms with E-state index in [1.54, 1.807) is 79.2 Å². The van der Waals surface area contributed by atoms with E-state index in [4.69, 9.17) is 18.9 Å². The van der Waals surface area contributed by atoms with Crippen LogP contribution in [0.3, 0.4) is 0 Å². The van der Waals surface area contributed by atoms with E-state index in [0.29, 0.717) is 73.4 Å². The van der Waals surface area contributed by atoms with Gasteiger partial charge in [-0.15, -0.1) is 0 Å². The zero-order chi connectivity index (χ0) is 30.0. The number of likely N-dealkylation sites (N-methyl/N-ethyl adjacent to an activating group) is 1. The first-order valence-corrected chi connectivity index (χ1v) is 14.3. The number of thiazole rings is 1. The number of nitriles is 1. The molecule has 42 heavy (non-hydrogen) atoms. The second-order valence-electron chi connectivity index (χ2n) is 9.53. The number of methoxy groups -OCH3 is 2. The first-order valence-electron chi connectivity index (χ1n) is 13.5. The standard InChI is InChI=1S/C32H30N4O5S/c1-6-35(7-2)31(38)28-19(3)34-32-36(29(28)24-16-21(39-4)12-14-25(24)40-5)30(37)27(42-32)17-22-13-15-26(41-22)23-11-9-8-10-20(23)18-33/h8-17,29H,6-7H2,1-5H3/b27-17+/t29-/m0/s1. The van der Waals surface area contributed by atoms with Crippen molar-refractivity contribution in [1.82, 2.24) is 9.47 Å². The Morgan fingerprint density at radius 3 is 2.60 bits per heavy atom. The summed E-state index contributed by atoms with van der Waals surface area (Å²) < 4.78 is 19.2. The van der Waals surface area contributed by atoms with Gasteiger partial charge < -0.3 is 18.8 Å². The number of ether oxygens (including phenoxy) is 2. The monoisotopic (exact) mass is 582 g/mol. The van der Waals surface area contributed by atoms with Crippen molar-refractivity contribution < 1.29 is 18.7 Å². The quantitative estimate of drug-likeness (QED) is 0.307. The third-order valence-corrected chi connectivity index (χ3v) is 8.23. The minimum atomic E-state index is -0.795. The smallest absolute Gasteiger partial charge is 0.271 e. The molecule has 9 nitrogen and oxygen atoms in total. The molecule has 0 aliphatic carbocycles. The average molecular weight is 583 g/mol. The Morgan fingerprint density at radius 2 is 1.90 bits per heavy atom. The number of hydrogen-bond donors (Lipinski definition) is 0. The summed E-state index contributed by atoms with van der Waals surface area (Å²) in [6.07, 6.45) is 1.66. The summed E-state index contributed by atoms with van der Waals surface area (Å²) in [7, 11) is 3.11. The van der Waals surface area contributed by atoms with Gasteiger partial charge in [-0.25, -0.2) is 4.99 Å². The summed E-state index contributed by atoms with van der Waals surface area (Å²) in [6.45, 7) is 6.64. The molecule has 0 spiro atoms. The van der Waals surface area contributed by atoms with E-state index in [-0.39, 0.29) is 11.5 Å². The number of allylic oxidation sites excluding steroid dienone is 1. The molecule has 2 aromatic heterocycles. The molecule has 0 saturated carbocycles. The van der Waals surface area contributed by atoms with E-state index in [1.807, 2.05) is 26.0 Å². The van der Waals surface area contributed by atoms with Crippen LogP contribution >= 0.6 is 11.3 Å². The fourth-order valence-electron chi connectivity index (χ4n) is 5.12. The zero-order valence-corrected chi connectivity index (χ0v) is 24.8. The number of carbonyl (C=O) groups excluding carboxylic acids is 1. The number of nitrogens with zero attached hydrogens (tertiary/aromatic N) is 4. The molecule has 0 bridgehead atoms. The van der Waals surface area contributed by atoms with Crippen LogP contribution in [-0.2, 0) is 4.79 Å². The highest BCUT2D eigenvalue weighted by Gasteiger charge is 2.36. The summed E-state index contributed by atoms with van der Waals surface area (Å²) in [5.74, 6) is 1.86. The number of hydrogen-bond acceptors (Lipinski definition) is 8. The van der Waals surface area contributed by atoms with E-state index < -0.39 is 6.04 Å². The topological polar surface area (TPSA) is 110 Å². The first-order chi connectivity index (χ1) is 20.3. The molecular weight excluding hydrogens is 552 g/mol. The molecule has 0 radical (unpaired) electrons. The number of amides is 1. The van der Waals surface area contributed by atoms with Crippen molar-refractivity contribution in [3.63, 3.8) is 0 Å². The normalized spacial score (nSPS) is 14.7. The second kappa shape index (κ2) is 11.9. The van der Waals surface area contributed by atoms with Crippen LogP contribution in [0.4, 0.5) is 0 Å². The lowest BCUT2D eigenvalue weighted by Gasteiger charge is -2.30. The molecule has 2 aromatic carbocycles. The van der Waals surface area contributed by atoms with Crippen LogP contribution in [-0.4, -0.2) is 42.7 Å². The Kier molecular flexibility index (Phi) is 8.13. The van der Waals surface area contributed by atoms with Gasteiger partial charge in [0.15, 0.2) is 4.80 Å². The Hall–Kier alpha value is -4.88. The molecule has 0 unspecified atom stereocenters. The largest absolute Gasteiger partial charge is 0.497 e. The number of rotatable bonds is 8. The Labute approximate surface area is 246 Å². The molecule has 0 saturated heterocycles. The summed E-state index contributed by atoms with van der Waals surface area (Å²) in [5, 5.41) is 9.49. The van der Waals surface area contributed by atoms with Gasteiger partial charge in [0.1, 0.15) is 29.1 Å². The van der Waals surface area contributed by atoms with E-state index in [2.05, 4.69) is 6.07 Å². The van der Waals surface area contributed by atoms with Crippen LogP contribution in [0.2, 0.25) is 0 Å². The summed E-state index contributed by atoms with van der Waals surface area (Å²) >= 11 is 1.21. The van der Waals surface area contributed by atoms with E-state index in [9.17, 15) is 14.9 Å². The maximum absolute atomic E-state index is 14.1. The first kappa shape index (κ1) is 28.6. The van der Waals surface area contributed by atoms with Gasteiger partial charge in [0.05, 0.1) is 41.7 Å². The molecule has 0 N–H and O–H groups in total. The van der Waals surface area contributed by atoms with Gasteiger partial charge in [-0.3, -0.25) is 14.2 Å². The van der Waals surface area contributed by atoms with Crippen LogP contribution in [0.5, 0.6) is 11.5 Å². The van der Waals surface area contributed by atoms with Gasteiger partial charge in [0.25, 0.3) is 11.5 Å². The van der Waals surface area contributed by atoms with Gasteiger partial charge in [0, 0.05) is 30.3 Å². The predicted molar refractivity (Wildman–Crippen MR) is 160 cm³/mol. The molecule has 10 heteroatoms. The molecule has 1 aliphatic heterocycles. The number of aromatic nitrogens is 1.